The van der Waals surface area contributed by atoms with Gasteiger partial charge < -0.3 is 20.3 Å². The molecule has 0 aliphatic heterocycles. The Balaban J connectivity index is 3.41. The summed E-state index contributed by atoms with van der Waals surface area (Å²) in [6, 6.07) is -0.549. The van der Waals surface area contributed by atoms with Crippen LogP contribution in [-0.2, 0) is 14.3 Å². The van der Waals surface area contributed by atoms with Crippen molar-refractivity contribution < 1.29 is 24.5 Å². The molecule has 0 saturated carbocycles. The minimum Gasteiger partial charge on any atom is -0.466 e. The van der Waals surface area contributed by atoms with Crippen LogP contribution >= 0.6 is 0 Å². The average molecular weight is 879 g/mol. The summed E-state index contributed by atoms with van der Waals surface area (Å²) in [6.07, 6.45) is 59.4. The lowest BCUT2D eigenvalue weighted by Gasteiger charge is -2.22. The Bertz CT molecular complexity index is 882. The smallest absolute Gasteiger partial charge is 0.305 e. The van der Waals surface area contributed by atoms with Crippen LogP contribution in [0.4, 0.5) is 0 Å². The molecule has 2 unspecified atom stereocenters. The number of esters is 1. The second-order valence-corrected chi connectivity index (χ2v) is 19.6. The second-order valence-electron chi connectivity index (χ2n) is 19.6. The van der Waals surface area contributed by atoms with E-state index in [-0.39, 0.29) is 18.5 Å². The molecule has 6 nitrogen and oxygen atoms in total. The molecule has 0 aromatic rings. The molecule has 0 aromatic heterocycles. The molecule has 0 aliphatic carbocycles. The number of hydrogen-bond donors (Lipinski definition) is 3. The van der Waals surface area contributed by atoms with E-state index in [0.29, 0.717) is 25.9 Å². The SMILES string of the molecule is CCCCCCCCCCCCCCCCCCCC(=O)OCCCCCCCCCCCCCCCC(=O)NC(CO)C(O)CCCCCCCCCCCCCCCCC. The predicted molar refractivity (Wildman–Crippen MR) is 269 cm³/mol. The van der Waals surface area contributed by atoms with Gasteiger partial charge in [0.2, 0.25) is 5.91 Å². The van der Waals surface area contributed by atoms with Gasteiger partial charge in [-0.05, 0) is 25.7 Å². The molecule has 0 aromatic carbocycles. The van der Waals surface area contributed by atoms with Crippen molar-refractivity contribution in [1.82, 2.24) is 5.32 Å². The number of amides is 1. The summed E-state index contributed by atoms with van der Waals surface area (Å²) in [6.45, 7) is 4.95. The lowest BCUT2D eigenvalue weighted by Crippen LogP contribution is -2.45. The van der Waals surface area contributed by atoms with E-state index >= 15 is 0 Å². The van der Waals surface area contributed by atoms with E-state index in [4.69, 9.17) is 4.74 Å². The summed E-state index contributed by atoms with van der Waals surface area (Å²) in [7, 11) is 0. The van der Waals surface area contributed by atoms with E-state index in [9.17, 15) is 19.8 Å². The van der Waals surface area contributed by atoms with Crippen molar-refractivity contribution in [3.05, 3.63) is 0 Å². The highest BCUT2D eigenvalue weighted by Gasteiger charge is 2.20. The van der Waals surface area contributed by atoms with Crippen LogP contribution in [0, 0.1) is 0 Å². The van der Waals surface area contributed by atoms with Crippen molar-refractivity contribution in [1.29, 1.82) is 0 Å². The Morgan fingerprint density at radius 3 is 0.984 bits per heavy atom. The first-order chi connectivity index (χ1) is 30.5. The molecule has 0 fully saturated rings. The molecule has 0 rings (SSSR count). The van der Waals surface area contributed by atoms with Gasteiger partial charge in [0.25, 0.3) is 0 Å². The Kier molecular flexibility index (Phi) is 51.5. The predicted octanol–water partition coefficient (Wildman–Crippen LogP) is 17.1. The molecule has 2 atom stereocenters. The largest absolute Gasteiger partial charge is 0.466 e. The van der Waals surface area contributed by atoms with Crippen molar-refractivity contribution in [2.75, 3.05) is 13.2 Å². The number of carbonyl (C=O) groups excluding carboxylic acids is 2. The van der Waals surface area contributed by atoms with Crippen LogP contribution in [0.15, 0.2) is 0 Å². The van der Waals surface area contributed by atoms with E-state index < -0.39 is 12.1 Å². The van der Waals surface area contributed by atoms with Gasteiger partial charge in [0, 0.05) is 12.8 Å². The normalized spacial score (nSPS) is 12.5. The average Bonchev–Trinajstić information content (AvgIpc) is 3.27. The fraction of sp³-hybridized carbons (Fsp3) is 0.964. The Labute approximate surface area is 387 Å². The monoisotopic (exact) mass is 878 g/mol. The molecule has 0 heterocycles. The highest BCUT2D eigenvalue weighted by atomic mass is 16.5. The Morgan fingerprint density at radius 2 is 0.661 bits per heavy atom. The first-order valence-corrected chi connectivity index (χ1v) is 28.3. The van der Waals surface area contributed by atoms with Crippen molar-refractivity contribution in [2.45, 2.75) is 334 Å². The van der Waals surface area contributed by atoms with Gasteiger partial charge in [-0.25, -0.2) is 0 Å². The number of rotatable bonds is 53. The first-order valence-electron chi connectivity index (χ1n) is 28.3. The lowest BCUT2D eigenvalue weighted by molar-refractivity contribution is -0.143. The zero-order chi connectivity index (χ0) is 45.1. The molecular formula is C56H111NO5. The molecule has 1 amide bonds. The summed E-state index contributed by atoms with van der Waals surface area (Å²) < 4.78 is 5.48. The van der Waals surface area contributed by atoms with E-state index in [1.54, 1.807) is 0 Å². The highest BCUT2D eigenvalue weighted by molar-refractivity contribution is 5.76. The topological polar surface area (TPSA) is 95.9 Å². The molecule has 0 spiro atoms. The Morgan fingerprint density at radius 1 is 0.387 bits per heavy atom. The molecule has 370 valence electrons. The van der Waals surface area contributed by atoms with E-state index in [0.717, 1.165) is 51.4 Å². The van der Waals surface area contributed by atoms with Gasteiger partial charge in [0.05, 0.1) is 25.4 Å². The summed E-state index contributed by atoms with van der Waals surface area (Å²) in [4.78, 5) is 24.5. The maximum atomic E-state index is 12.5. The highest BCUT2D eigenvalue weighted by Crippen LogP contribution is 2.18. The van der Waals surface area contributed by atoms with Crippen LogP contribution in [0.2, 0.25) is 0 Å². The Hall–Kier alpha value is -1.14. The summed E-state index contributed by atoms with van der Waals surface area (Å²) in [5, 5.41) is 23.2. The molecular weight excluding hydrogens is 767 g/mol. The van der Waals surface area contributed by atoms with Gasteiger partial charge >= 0.3 is 5.97 Å². The number of aliphatic hydroxyl groups is 2. The van der Waals surface area contributed by atoms with Gasteiger partial charge in [-0.1, -0.05) is 284 Å². The fourth-order valence-electron chi connectivity index (χ4n) is 9.05. The molecule has 0 aliphatic rings. The number of aliphatic hydroxyl groups excluding tert-OH is 2. The number of ether oxygens (including phenoxy) is 1. The van der Waals surface area contributed by atoms with Gasteiger partial charge in [-0.3, -0.25) is 9.59 Å². The first kappa shape index (κ1) is 60.9. The quantitative estimate of drug-likeness (QED) is 0.0418. The number of hydrogen-bond acceptors (Lipinski definition) is 5. The number of carbonyl (C=O) groups is 2. The molecule has 62 heavy (non-hydrogen) atoms. The molecule has 0 saturated heterocycles. The van der Waals surface area contributed by atoms with Crippen molar-refractivity contribution in [3.8, 4) is 0 Å². The fourth-order valence-corrected chi connectivity index (χ4v) is 9.05. The van der Waals surface area contributed by atoms with E-state index in [1.165, 1.54) is 238 Å². The lowest BCUT2D eigenvalue weighted by atomic mass is 10.0. The molecule has 0 bridgehead atoms. The maximum Gasteiger partial charge on any atom is 0.305 e. The van der Waals surface area contributed by atoms with Crippen molar-refractivity contribution in [3.63, 3.8) is 0 Å². The summed E-state index contributed by atoms with van der Waals surface area (Å²) in [5.74, 6) is -0.0454. The van der Waals surface area contributed by atoms with Crippen molar-refractivity contribution >= 4 is 11.9 Å². The minimum absolute atomic E-state index is 0.000534. The van der Waals surface area contributed by atoms with Crippen molar-refractivity contribution in [2.24, 2.45) is 0 Å². The van der Waals surface area contributed by atoms with Gasteiger partial charge in [-0.2, -0.15) is 0 Å². The van der Waals surface area contributed by atoms with Gasteiger partial charge in [0.15, 0.2) is 0 Å². The van der Waals surface area contributed by atoms with E-state index in [2.05, 4.69) is 19.2 Å². The zero-order valence-corrected chi connectivity index (χ0v) is 42.1. The standard InChI is InChI=1S/C56H111NO5/c1-3-5-7-9-11-13-15-17-19-20-22-26-30-34-38-42-46-50-56(61)62-51-47-43-39-35-31-27-23-25-29-33-37-41-45-49-55(60)57-53(52-58)54(59)48-44-40-36-32-28-24-21-18-16-14-12-10-8-6-4-2/h53-54,58-59H,3-52H2,1-2H3,(H,57,60). The van der Waals surface area contributed by atoms with Crippen LogP contribution in [-0.4, -0.2) is 47.4 Å². The van der Waals surface area contributed by atoms with Gasteiger partial charge in [-0.15, -0.1) is 0 Å². The third kappa shape index (κ3) is 48.3. The molecule has 3 N–H and O–H groups in total. The summed E-state index contributed by atoms with van der Waals surface area (Å²) >= 11 is 0. The minimum atomic E-state index is -0.671. The summed E-state index contributed by atoms with van der Waals surface area (Å²) in [5.41, 5.74) is 0. The van der Waals surface area contributed by atoms with E-state index in [1.807, 2.05) is 0 Å². The number of nitrogens with one attached hydrogen (secondary N) is 1. The molecule has 0 radical (unpaired) electrons. The van der Waals surface area contributed by atoms with Gasteiger partial charge in [0.1, 0.15) is 0 Å². The zero-order valence-electron chi connectivity index (χ0n) is 42.1. The van der Waals surface area contributed by atoms with Crippen LogP contribution < -0.4 is 5.32 Å². The second kappa shape index (κ2) is 52.5. The van der Waals surface area contributed by atoms with Crippen LogP contribution in [0.3, 0.4) is 0 Å². The van der Waals surface area contributed by atoms with Crippen LogP contribution in [0.25, 0.3) is 0 Å². The third-order valence-electron chi connectivity index (χ3n) is 13.4. The third-order valence-corrected chi connectivity index (χ3v) is 13.4. The number of unbranched alkanes of at least 4 members (excludes halogenated alkanes) is 42. The van der Waals surface area contributed by atoms with Crippen LogP contribution in [0.1, 0.15) is 322 Å². The van der Waals surface area contributed by atoms with Crippen LogP contribution in [0.5, 0.6) is 0 Å². The molecule has 6 heteroatoms. The maximum absolute atomic E-state index is 12.5.